The highest BCUT2D eigenvalue weighted by Crippen LogP contribution is 2.31. The molecule has 10 heteroatoms. The number of aromatic nitrogens is 2. The number of sulfonamides is 1. The van der Waals surface area contributed by atoms with Gasteiger partial charge in [-0.3, -0.25) is 4.68 Å². The van der Waals surface area contributed by atoms with Crippen molar-refractivity contribution in [1.82, 2.24) is 14.1 Å². The van der Waals surface area contributed by atoms with Crippen molar-refractivity contribution in [3.63, 3.8) is 0 Å². The Hall–Kier alpha value is -2.59. The van der Waals surface area contributed by atoms with Crippen LogP contribution < -0.4 is 0 Å². The second kappa shape index (κ2) is 7.59. The molecule has 0 aliphatic heterocycles. The van der Waals surface area contributed by atoms with Crippen LogP contribution in [0, 0.1) is 0 Å². The number of nitrogens with zero attached hydrogens (tertiary/aromatic N) is 3. The molecule has 0 saturated heterocycles. The zero-order valence-electron chi connectivity index (χ0n) is 16.2. The van der Waals surface area contributed by atoms with Crippen molar-refractivity contribution in [2.75, 3.05) is 0 Å². The molecule has 6 nitrogen and oxygen atoms in total. The van der Waals surface area contributed by atoms with Gasteiger partial charge in [-0.05, 0) is 61.2 Å². The van der Waals surface area contributed by atoms with Crippen molar-refractivity contribution in [1.29, 1.82) is 0 Å². The summed E-state index contributed by atoms with van der Waals surface area (Å²) < 4.78 is 73.5. The van der Waals surface area contributed by atoms with Crippen LogP contribution >= 0.6 is 0 Å². The predicted molar refractivity (Wildman–Crippen MR) is 102 cm³/mol. The van der Waals surface area contributed by atoms with E-state index in [0.29, 0.717) is 11.5 Å². The summed E-state index contributed by atoms with van der Waals surface area (Å²) in [5, 5.41) is 4.49. The summed E-state index contributed by atoms with van der Waals surface area (Å²) in [6.45, 7) is -0.0467. The molecule has 0 atom stereocenters. The van der Waals surface area contributed by atoms with Crippen LogP contribution in [0.1, 0.15) is 34.7 Å². The molecule has 0 fully saturated rings. The number of rotatable bonds is 6. The molecule has 1 aromatic carbocycles. The highest BCUT2D eigenvalue weighted by atomic mass is 32.2. The zero-order valence-corrected chi connectivity index (χ0v) is 17.0. The van der Waals surface area contributed by atoms with E-state index in [9.17, 15) is 21.6 Å². The van der Waals surface area contributed by atoms with Crippen molar-refractivity contribution < 1.29 is 26.0 Å². The molecule has 0 amide bonds. The van der Waals surface area contributed by atoms with E-state index >= 15 is 0 Å². The third-order valence-corrected chi connectivity index (χ3v) is 7.06. The summed E-state index contributed by atoms with van der Waals surface area (Å²) in [5.74, 6) is 0.429. The average Bonchev–Trinajstić information content (AvgIpc) is 3.42. The third-order valence-electron chi connectivity index (χ3n) is 5.26. The summed E-state index contributed by atoms with van der Waals surface area (Å²) in [6.07, 6.45) is -0.394. The largest absolute Gasteiger partial charge is 0.468 e. The highest BCUT2D eigenvalue weighted by Gasteiger charge is 2.33. The Bertz CT molecular complexity index is 1130. The molecule has 0 bridgehead atoms. The molecule has 2 heterocycles. The van der Waals surface area contributed by atoms with Gasteiger partial charge in [-0.25, -0.2) is 8.42 Å². The summed E-state index contributed by atoms with van der Waals surface area (Å²) in [6, 6.07) is 6.81. The van der Waals surface area contributed by atoms with Gasteiger partial charge in [0.2, 0.25) is 10.0 Å². The number of benzene rings is 1. The fourth-order valence-electron chi connectivity index (χ4n) is 3.76. The Morgan fingerprint density at radius 3 is 2.50 bits per heavy atom. The minimum absolute atomic E-state index is 0.00717. The molecule has 30 heavy (non-hydrogen) atoms. The maximum absolute atomic E-state index is 13.3. The van der Waals surface area contributed by atoms with Crippen LogP contribution in [0.15, 0.2) is 52.0 Å². The van der Waals surface area contributed by atoms with E-state index in [4.69, 9.17) is 4.42 Å². The molecule has 2 aromatic heterocycles. The summed E-state index contributed by atoms with van der Waals surface area (Å²) >= 11 is 0. The van der Waals surface area contributed by atoms with E-state index in [0.717, 1.165) is 54.8 Å². The van der Waals surface area contributed by atoms with Gasteiger partial charge in [-0.15, -0.1) is 0 Å². The summed E-state index contributed by atoms with van der Waals surface area (Å²) in [5.41, 5.74) is 1.90. The van der Waals surface area contributed by atoms with Gasteiger partial charge in [0.1, 0.15) is 5.76 Å². The lowest BCUT2D eigenvalue weighted by molar-refractivity contribution is -0.137. The first-order valence-corrected chi connectivity index (χ1v) is 10.8. The van der Waals surface area contributed by atoms with Crippen LogP contribution in [0.25, 0.3) is 0 Å². The molecule has 1 aliphatic rings. The molecule has 1 aliphatic carbocycles. The van der Waals surface area contributed by atoms with Crippen LogP contribution in [-0.4, -0.2) is 22.5 Å². The van der Waals surface area contributed by atoms with E-state index in [1.807, 2.05) is 7.05 Å². The third kappa shape index (κ3) is 3.89. The molecule has 3 aromatic rings. The van der Waals surface area contributed by atoms with Gasteiger partial charge in [0.05, 0.1) is 35.5 Å². The van der Waals surface area contributed by atoms with Gasteiger partial charge in [-0.2, -0.15) is 22.6 Å². The number of hydrogen-bond acceptors (Lipinski definition) is 4. The second-order valence-electron chi connectivity index (χ2n) is 7.22. The standard InChI is InChI=1S/C20H20F3N3O3S/c1-25-19-6-2-5-17(19)18(24-25)13-26(12-15-4-3-11-29-15)30(27,28)16-9-7-14(8-10-16)20(21,22)23/h3-4,7-11H,2,5-6,12-13H2,1H3. The Kier molecular flexibility index (Phi) is 5.23. The van der Waals surface area contributed by atoms with Crippen molar-refractivity contribution in [2.24, 2.45) is 7.05 Å². The minimum Gasteiger partial charge on any atom is -0.468 e. The molecule has 0 radical (unpaired) electrons. The number of aryl methyl sites for hydroxylation is 1. The molecule has 0 N–H and O–H groups in total. The lowest BCUT2D eigenvalue weighted by atomic mass is 10.2. The van der Waals surface area contributed by atoms with E-state index < -0.39 is 21.8 Å². The molecule has 4 rings (SSSR count). The van der Waals surface area contributed by atoms with Gasteiger partial charge >= 0.3 is 6.18 Å². The topological polar surface area (TPSA) is 68.3 Å². The lowest BCUT2D eigenvalue weighted by Crippen LogP contribution is -2.30. The Morgan fingerprint density at radius 1 is 1.13 bits per heavy atom. The maximum Gasteiger partial charge on any atom is 0.416 e. The van der Waals surface area contributed by atoms with Crippen molar-refractivity contribution >= 4 is 10.0 Å². The van der Waals surface area contributed by atoms with Crippen LogP contribution in [0.5, 0.6) is 0 Å². The molecular weight excluding hydrogens is 419 g/mol. The predicted octanol–water partition coefficient (Wildman–Crippen LogP) is 3.91. The van der Waals surface area contributed by atoms with Gasteiger partial charge in [0.15, 0.2) is 0 Å². The van der Waals surface area contributed by atoms with E-state index in [-0.39, 0.29) is 18.0 Å². The minimum atomic E-state index is -4.54. The lowest BCUT2D eigenvalue weighted by Gasteiger charge is -2.21. The first kappa shape index (κ1) is 20.7. The molecule has 0 saturated carbocycles. The normalized spacial score (nSPS) is 14.4. The maximum atomic E-state index is 13.3. The van der Waals surface area contributed by atoms with Crippen LogP contribution in [0.4, 0.5) is 13.2 Å². The number of halogens is 3. The monoisotopic (exact) mass is 439 g/mol. The first-order chi connectivity index (χ1) is 14.2. The van der Waals surface area contributed by atoms with Crippen molar-refractivity contribution in [2.45, 2.75) is 43.4 Å². The van der Waals surface area contributed by atoms with Crippen LogP contribution in [-0.2, 0) is 49.2 Å². The SMILES string of the molecule is Cn1nc(CN(Cc2ccco2)S(=O)(=O)c2ccc(C(F)(F)F)cc2)c2c1CCC2. The molecule has 0 spiro atoms. The van der Waals surface area contributed by atoms with Gasteiger partial charge in [0.25, 0.3) is 0 Å². The van der Waals surface area contributed by atoms with Crippen molar-refractivity contribution in [3.05, 3.63) is 70.9 Å². The fraction of sp³-hybridized carbons (Fsp3) is 0.350. The van der Waals surface area contributed by atoms with Crippen LogP contribution in [0.2, 0.25) is 0 Å². The Balaban J connectivity index is 1.69. The number of alkyl halides is 3. The van der Waals surface area contributed by atoms with Crippen molar-refractivity contribution in [3.8, 4) is 0 Å². The number of fused-ring (bicyclic) bond motifs is 1. The van der Waals surface area contributed by atoms with Gasteiger partial charge in [-0.1, -0.05) is 0 Å². The second-order valence-corrected chi connectivity index (χ2v) is 9.16. The number of furan rings is 1. The smallest absolute Gasteiger partial charge is 0.416 e. The zero-order chi connectivity index (χ0) is 21.5. The highest BCUT2D eigenvalue weighted by molar-refractivity contribution is 7.89. The number of hydrogen-bond donors (Lipinski definition) is 0. The van der Waals surface area contributed by atoms with Gasteiger partial charge in [0, 0.05) is 12.7 Å². The van der Waals surface area contributed by atoms with Crippen LogP contribution in [0.3, 0.4) is 0 Å². The molecule has 160 valence electrons. The summed E-state index contributed by atoms with van der Waals surface area (Å²) in [7, 11) is -2.26. The van der Waals surface area contributed by atoms with Gasteiger partial charge < -0.3 is 4.42 Å². The Morgan fingerprint density at radius 2 is 1.87 bits per heavy atom. The molecule has 0 unspecified atom stereocenters. The Labute approximate surface area is 172 Å². The quantitative estimate of drug-likeness (QED) is 0.584. The van der Waals surface area contributed by atoms with E-state index in [2.05, 4.69) is 5.10 Å². The average molecular weight is 439 g/mol. The fourth-order valence-corrected chi connectivity index (χ4v) is 5.13. The summed E-state index contributed by atoms with van der Waals surface area (Å²) in [4.78, 5) is -0.213. The van der Waals surface area contributed by atoms with E-state index in [1.165, 1.54) is 10.6 Å². The van der Waals surface area contributed by atoms with E-state index in [1.54, 1.807) is 16.8 Å². The first-order valence-electron chi connectivity index (χ1n) is 9.39. The molecular formula is C20H20F3N3O3S.